The maximum absolute atomic E-state index is 11.0. The van der Waals surface area contributed by atoms with E-state index in [-0.39, 0.29) is 0 Å². The number of hydrogen-bond acceptors (Lipinski definition) is 3. The lowest BCUT2D eigenvalue weighted by atomic mass is 10.0. The molecule has 1 atom stereocenters. The van der Waals surface area contributed by atoms with E-state index < -0.39 is 5.97 Å². The van der Waals surface area contributed by atoms with E-state index in [0.29, 0.717) is 11.5 Å². The number of nitrogens with zero attached hydrogens (tertiary/aromatic N) is 1. The van der Waals surface area contributed by atoms with Gasteiger partial charge in [0.2, 0.25) is 0 Å². The van der Waals surface area contributed by atoms with Crippen LogP contribution in [0.15, 0.2) is 18.2 Å². The van der Waals surface area contributed by atoms with Crippen LogP contribution in [0.4, 0.5) is 0 Å². The van der Waals surface area contributed by atoms with Crippen LogP contribution in [0.3, 0.4) is 0 Å². The molecule has 0 saturated carbocycles. The van der Waals surface area contributed by atoms with Gasteiger partial charge in [-0.15, -0.1) is 11.3 Å². The van der Waals surface area contributed by atoms with Gasteiger partial charge in [0.05, 0.1) is 20.8 Å². The third-order valence-electron chi connectivity index (χ3n) is 3.81. The largest absolute Gasteiger partial charge is 0.478 e. The maximum Gasteiger partial charge on any atom is 0.335 e. The van der Waals surface area contributed by atoms with Crippen LogP contribution in [0.25, 0.3) is 10.2 Å². The molecule has 3 nitrogen and oxygen atoms in total. The molecule has 0 fully saturated rings. The van der Waals surface area contributed by atoms with Gasteiger partial charge in [0, 0.05) is 5.92 Å². The molecule has 2 aromatic rings. The molecule has 0 bridgehead atoms. The average molecular weight is 305 g/mol. The highest BCUT2D eigenvalue weighted by molar-refractivity contribution is 7.18. The molecule has 0 aliphatic rings. The summed E-state index contributed by atoms with van der Waals surface area (Å²) in [5.41, 5.74) is 1.25. The Labute approximate surface area is 130 Å². The zero-order valence-electron chi connectivity index (χ0n) is 12.8. The highest BCUT2D eigenvalue weighted by Gasteiger charge is 2.13. The van der Waals surface area contributed by atoms with E-state index in [4.69, 9.17) is 5.11 Å². The van der Waals surface area contributed by atoms with Crippen LogP contribution in [0.2, 0.25) is 0 Å². The summed E-state index contributed by atoms with van der Waals surface area (Å²) in [6.45, 7) is 4.45. The standard InChI is InChI=1S/C17H23NO2S/c1-3-4-5-6-7-8-12(2)16-18-14-10-9-13(17(19)20)11-15(14)21-16/h9-12H,3-8H2,1-2H3,(H,19,20). The van der Waals surface area contributed by atoms with Crippen molar-refractivity contribution in [3.63, 3.8) is 0 Å². The van der Waals surface area contributed by atoms with Gasteiger partial charge in [0.1, 0.15) is 0 Å². The van der Waals surface area contributed by atoms with Crippen molar-refractivity contribution in [3.8, 4) is 0 Å². The number of carboxylic acids is 1. The molecule has 0 spiro atoms. The van der Waals surface area contributed by atoms with E-state index in [0.717, 1.165) is 21.6 Å². The van der Waals surface area contributed by atoms with E-state index in [1.165, 1.54) is 32.1 Å². The molecule has 114 valence electrons. The van der Waals surface area contributed by atoms with Gasteiger partial charge >= 0.3 is 5.97 Å². The fourth-order valence-corrected chi connectivity index (χ4v) is 3.56. The molecule has 21 heavy (non-hydrogen) atoms. The minimum absolute atomic E-state index is 0.338. The first-order valence-corrected chi connectivity index (χ1v) is 8.57. The maximum atomic E-state index is 11.0. The summed E-state index contributed by atoms with van der Waals surface area (Å²) in [5.74, 6) is -0.423. The quantitative estimate of drug-likeness (QED) is 0.659. The number of benzene rings is 1. The second-order valence-electron chi connectivity index (χ2n) is 5.64. The SMILES string of the molecule is CCCCCCCC(C)c1nc2ccc(C(=O)O)cc2s1. The van der Waals surface area contributed by atoms with Gasteiger partial charge in [-0.1, -0.05) is 46.0 Å². The Morgan fingerprint density at radius 3 is 2.76 bits per heavy atom. The number of hydrogen-bond donors (Lipinski definition) is 1. The van der Waals surface area contributed by atoms with Crippen molar-refractivity contribution in [1.29, 1.82) is 0 Å². The Balaban J connectivity index is 1.99. The molecular formula is C17H23NO2S. The number of thiazole rings is 1. The lowest BCUT2D eigenvalue weighted by molar-refractivity contribution is 0.0697. The van der Waals surface area contributed by atoms with Crippen LogP contribution < -0.4 is 0 Å². The van der Waals surface area contributed by atoms with Crippen molar-refractivity contribution in [3.05, 3.63) is 28.8 Å². The van der Waals surface area contributed by atoms with Gasteiger partial charge in [0.25, 0.3) is 0 Å². The summed E-state index contributed by atoms with van der Waals surface area (Å²) in [6, 6.07) is 5.17. The zero-order chi connectivity index (χ0) is 15.2. The van der Waals surface area contributed by atoms with Gasteiger partial charge in [-0.25, -0.2) is 9.78 Å². The van der Waals surface area contributed by atoms with E-state index in [9.17, 15) is 4.79 Å². The normalized spacial score (nSPS) is 12.7. The third kappa shape index (κ3) is 4.27. The van der Waals surface area contributed by atoms with Crippen LogP contribution in [-0.4, -0.2) is 16.1 Å². The molecule has 0 aliphatic heterocycles. The lowest BCUT2D eigenvalue weighted by Gasteiger charge is -2.07. The van der Waals surface area contributed by atoms with Gasteiger partial charge < -0.3 is 5.11 Å². The molecule has 1 aromatic heterocycles. The first-order valence-electron chi connectivity index (χ1n) is 7.75. The monoisotopic (exact) mass is 305 g/mol. The van der Waals surface area contributed by atoms with E-state index in [2.05, 4.69) is 18.8 Å². The number of carbonyl (C=O) groups is 1. The van der Waals surface area contributed by atoms with Crippen molar-refractivity contribution in [2.24, 2.45) is 0 Å². The Kier molecular flexibility index (Phi) is 5.74. The van der Waals surface area contributed by atoms with Crippen LogP contribution in [0, 0.1) is 0 Å². The molecule has 4 heteroatoms. The van der Waals surface area contributed by atoms with Crippen molar-refractivity contribution in [1.82, 2.24) is 4.98 Å². The molecule has 0 radical (unpaired) electrons. The fraction of sp³-hybridized carbons (Fsp3) is 0.529. The minimum Gasteiger partial charge on any atom is -0.478 e. The molecule has 0 aliphatic carbocycles. The molecule has 0 saturated heterocycles. The molecule has 1 heterocycles. The highest BCUT2D eigenvalue weighted by Crippen LogP contribution is 2.31. The van der Waals surface area contributed by atoms with Gasteiger partial charge in [-0.3, -0.25) is 0 Å². The van der Waals surface area contributed by atoms with E-state index >= 15 is 0 Å². The molecule has 1 unspecified atom stereocenters. The van der Waals surface area contributed by atoms with Crippen molar-refractivity contribution < 1.29 is 9.90 Å². The van der Waals surface area contributed by atoms with Crippen LogP contribution in [0.5, 0.6) is 0 Å². The number of rotatable bonds is 8. The summed E-state index contributed by atoms with van der Waals surface area (Å²) in [4.78, 5) is 15.7. The Bertz CT molecular complexity index is 606. The predicted molar refractivity (Wildman–Crippen MR) is 88.4 cm³/mol. The number of unbranched alkanes of at least 4 members (excludes halogenated alkanes) is 4. The molecule has 0 amide bonds. The first kappa shape index (κ1) is 16.0. The topological polar surface area (TPSA) is 50.2 Å². The lowest BCUT2D eigenvalue weighted by Crippen LogP contribution is -1.94. The second-order valence-corrected chi connectivity index (χ2v) is 6.71. The molecule has 1 N–H and O–H groups in total. The minimum atomic E-state index is -0.879. The van der Waals surface area contributed by atoms with Crippen molar-refractivity contribution >= 4 is 27.5 Å². The Morgan fingerprint density at radius 2 is 2.05 bits per heavy atom. The Hall–Kier alpha value is -1.42. The van der Waals surface area contributed by atoms with Crippen molar-refractivity contribution in [2.75, 3.05) is 0 Å². The number of aromatic carboxylic acids is 1. The van der Waals surface area contributed by atoms with Crippen molar-refractivity contribution in [2.45, 2.75) is 58.3 Å². The summed E-state index contributed by atoms with van der Waals surface area (Å²) in [5, 5.41) is 10.2. The van der Waals surface area contributed by atoms with Crippen LogP contribution in [-0.2, 0) is 0 Å². The van der Waals surface area contributed by atoms with Crippen LogP contribution >= 0.6 is 11.3 Å². The van der Waals surface area contributed by atoms with Gasteiger partial charge in [-0.2, -0.15) is 0 Å². The number of carboxylic acid groups (broad SMARTS) is 1. The summed E-state index contributed by atoms with van der Waals surface area (Å²) in [6.07, 6.45) is 7.64. The molecular weight excluding hydrogens is 282 g/mol. The number of aromatic nitrogens is 1. The van der Waals surface area contributed by atoms with Gasteiger partial charge in [-0.05, 0) is 24.6 Å². The molecule has 2 rings (SSSR count). The average Bonchev–Trinajstić information content (AvgIpc) is 2.89. The summed E-state index contributed by atoms with van der Waals surface area (Å²) < 4.78 is 0.975. The third-order valence-corrected chi connectivity index (χ3v) is 5.06. The predicted octanol–water partition coefficient (Wildman–Crippen LogP) is 5.46. The fourth-order valence-electron chi connectivity index (χ4n) is 2.46. The summed E-state index contributed by atoms with van der Waals surface area (Å²) >= 11 is 1.63. The first-order chi connectivity index (χ1) is 10.1. The zero-order valence-corrected chi connectivity index (χ0v) is 13.6. The van der Waals surface area contributed by atoms with E-state index in [1.807, 2.05) is 6.07 Å². The van der Waals surface area contributed by atoms with Gasteiger partial charge in [0.15, 0.2) is 0 Å². The number of fused-ring (bicyclic) bond motifs is 1. The second kappa shape index (κ2) is 7.55. The Morgan fingerprint density at radius 1 is 1.29 bits per heavy atom. The van der Waals surface area contributed by atoms with Crippen LogP contribution in [0.1, 0.15) is 73.7 Å². The summed E-state index contributed by atoms with van der Waals surface area (Å²) in [7, 11) is 0. The highest BCUT2D eigenvalue weighted by atomic mass is 32.1. The van der Waals surface area contributed by atoms with E-state index in [1.54, 1.807) is 23.5 Å². The molecule has 1 aromatic carbocycles. The smallest absolute Gasteiger partial charge is 0.335 e.